The van der Waals surface area contributed by atoms with Gasteiger partial charge in [-0.05, 0) is 45.1 Å². The van der Waals surface area contributed by atoms with E-state index in [2.05, 4.69) is 42.8 Å². The van der Waals surface area contributed by atoms with E-state index in [9.17, 15) is 0 Å². The van der Waals surface area contributed by atoms with Gasteiger partial charge in [0.25, 0.3) is 0 Å². The Labute approximate surface area is 108 Å². The first-order valence-electron chi connectivity index (χ1n) is 7.43. The first-order valence-corrected chi connectivity index (χ1v) is 7.43. The van der Waals surface area contributed by atoms with Gasteiger partial charge < -0.3 is 10.2 Å². The number of hydrogen-bond donors (Lipinski definition) is 1. The van der Waals surface area contributed by atoms with Crippen LogP contribution in [0.4, 0.5) is 0 Å². The second-order valence-corrected chi connectivity index (χ2v) is 5.03. The molecule has 0 aliphatic carbocycles. The minimum absolute atomic E-state index is 0.736. The molecule has 0 aromatic heterocycles. The normalized spacial score (nSPS) is 25.8. The molecule has 3 nitrogen and oxygen atoms in total. The predicted molar refractivity (Wildman–Crippen MR) is 75.5 cm³/mol. The van der Waals surface area contributed by atoms with E-state index in [0.717, 1.165) is 12.0 Å². The summed E-state index contributed by atoms with van der Waals surface area (Å²) in [5.41, 5.74) is 0. The van der Waals surface area contributed by atoms with Gasteiger partial charge in [0.2, 0.25) is 0 Å². The van der Waals surface area contributed by atoms with Crippen LogP contribution in [-0.2, 0) is 0 Å². The molecule has 2 unspecified atom stereocenters. The molecule has 0 saturated carbocycles. The Kier molecular flexibility index (Phi) is 7.09. The van der Waals surface area contributed by atoms with Crippen LogP contribution in [0.25, 0.3) is 0 Å². The molecule has 0 spiro atoms. The SMILES string of the molecule is CCN(CC)CC1CCNCC1N(CC)CC. The monoisotopic (exact) mass is 241 g/mol. The fourth-order valence-corrected chi connectivity index (χ4v) is 3.04. The standard InChI is InChI=1S/C14H31N3/c1-5-16(6-2)12-13-9-10-15-11-14(13)17(7-3)8-4/h13-15H,5-12H2,1-4H3. The maximum absolute atomic E-state index is 3.56. The van der Waals surface area contributed by atoms with Crippen molar-refractivity contribution in [2.24, 2.45) is 5.92 Å². The lowest BCUT2D eigenvalue weighted by Gasteiger charge is -2.41. The highest BCUT2D eigenvalue weighted by Gasteiger charge is 2.29. The van der Waals surface area contributed by atoms with Crippen molar-refractivity contribution >= 4 is 0 Å². The highest BCUT2D eigenvalue weighted by atomic mass is 15.2. The van der Waals surface area contributed by atoms with Crippen molar-refractivity contribution in [1.82, 2.24) is 15.1 Å². The molecule has 1 fully saturated rings. The van der Waals surface area contributed by atoms with Gasteiger partial charge in [0.1, 0.15) is 0 Å². The zero-order valence-corrected chi connectivity index (χ0v) is 12.2. The average molecular weight is 241 g/mol. The average Bonchev–Trinajstić information content (AvgIpc) is 2.39. The maximum atomic E-state index is 3.56. The zero-order chi connectivity index (χ0) is 12.7. The van der Waals surface area contributed by atoms with Crippen LogP contribution in [0.3, 0.4) is 0 Å². The second-order valence-electron chi connectivity index (χ2n) is 5.03. The van der Waals surface area contributed by atoms with Crippen molar-refractivity contribution in [3.63, 3.8) is 0 Å². The van der Waals surface area contributed by atoms with Crippen LogP contribution in [-0.4, -0.2) is 61.7 Å². The summed E-state index contributed by atoms with van der Waals surface area (Å²) in [7, 11) is 0. The molecule has 0 bridgehead atoms. The summed E-state index contributed by atoms with van der Waals surface area (Å²) in [6, 6.07) is 0.736. The van der Waals surface area contributed by atoms with Crippen LogP contribution < -0.4 is 5.32 Å². The molecule has 0 aromatic rings. The summed E-state index contributed by atoms with van der Waals surface area (Å²) in [4.78, 5) is 5.20. The second kappa shape index (κ2) is 8.06. The van der Waals surface area contributed by atoms with E-state index in [1.807, 2.05) is 0 Å². The van der Waals surface area contributed by atoms with Crippen molar-refractivity contribution < 1.29 is 0 Å². The van der Waals surface area contributed by atoms with Gasteiger partial charge in [0.05, 0.1) is 0 Å². The Balaban J connectivity index is 2.58. The molecule has 2 atom stereocenters. The van der Waals surface area contributed by atoms with Gasteiger partial charge in [-0.1, -0.05) is 27.7 Å². The highest BCUT2D eigenvalue weighted by molar-refractivity contribution is 4.86. The van der Waals surface area contributed by atoms with E-state index in [1.54, 1.807) is 0 Å². The van der Waals surface area contributed by atoms with Gasteiger partial charge >= 0.3 is 0 Å². The topological polar surface area (TPSA) is 18.5 Å². The van der Waals surface area contributed by atoms with Crippen molar-refractivity contribution in [3.05, 3.63) is 0 Å². The van der Waals surface area contributed by atoms with Gasteiger partial charge in [-0.3, -0.25) is 4.90 Å². The molecule has 1 saturated heterocycles. The molecule has 1 aliphatic rings. The third-order valence-corrected chi connectivity index (χ3v) is 4.26. The largest absolute Gasteiger partial charge is 0.315 e. The summed E-state index contributed by atoms with van der Waals surface area (Å²) in [6.07, 6.45) is 1.33. The molecule has 1 heterocycles. The molecule has 1 N–H and O–H groups in total. The van der Waals surface area contributed by atoms with E-state index < -0.39 is 0 Å². The number of rotatable bonds is 7. The lowest BCUT2D eigenvalue weighted by atomic mass is 9.90. The van der Waals surface area contributed by atoms with Crippen molar-refractivity contribution in [2.75, 3.05) is 45.8 Å². The molecule has 1 rings (SSSR count). The van der Waals surface area contributed by atoms with E-state index in [4.69, 9.17) is 0 Å². The number of hydrogen-bond acceptors (Lipinski definition) is 3. The zero-order valence-electron chi connectivity index (χ0n) is 12.2. The van der Waals surface area contributed by atoms with Gasteiger partial charge in [0.15, 0.2) is 0 Å². The summed E-state index contributed by atoms with van der Waals surface area (Å²) in [5, 5.41) is 3.56. The van der Waals surface area contributed by atoms with E-state index >= 15 is 0 Å². The first-order chi connectivity index (χ1) is 8.26. The van der Waals surface area contributed by atoms with Crippen LogP contribution in [0.5, 0.6) is 0 Å². The number of nitrogens with one attached hydrogen (secondary N) is 1. The lowest BCUT2D eigenvalue weighted by Crippen LogP contribution is -2.54. The fraction of sp³-hybridized carbons (Fsp3) is 1.00. The summed E-state index contributed by atoms with van der Waals surface area (Å²) in [5.74, 6) is 0.844. The lowest BCUT2D eigenvalue weighted by molar-refractivity contribution is 0.0964. The maximum Gasteiger partial charge on any atom is 0.0261 e. The summed E-state index contributed by atoms with van der Waals surface area (Å²) >= 11 is 0. The van der Waals surface area contributed by atoms with Gasteiger partial charge in [-0.15, -0.1) is 0 Å². The first kappa shape index (κ1) is 14.9. The molecule has 0 aromatic carbocycles. The van der Waals surface area contributed by atoms with E-state index in [-0.39, 0.29) is 0 Å². The molecule has 0 amide bonds. The van der Waals surface area contributed by atoms with Gasteiger partial charge in [-0.2, -0.15) is 0 Å². The van der Waals surface area contributed by atoms with Crippen molar-refractivity contribution in [2.45, 2.75) is 40.2 Å². The van der Waals surface area contributed by atoms with E-state index in [0.29, 0.717) is 0 Å². The molecular formula is C14H31N3. The predicted octanol–water partition coefficient (Wildman–Crippen LogP) is 1.65. The van der Waals surface area contributed by atoms with Crippen LogP contribution in [0.1, 0.15) is 34.1 Å². The molecule has 0 radical (unpaired) electrons. The number of likely N-dealkylation sites (N-methyl/N-ethyl adjacent to an activating group) is 1. The number of piperidine rings is 1. The Morgan fingerprint density at radius 2 is 1.65 bits per heavy atom. The summed E-state index contributed by atoms with van der Waals surface area (Å²) < 4.78 is 0. The van der Waals surface area contributed by atoms with Crippen LogP contribution >= 0.6 is 0 Å². The molecule has 3 heteroatoms. The molecule has 1 aliphatic heterocycles. The Morgan fingerprint density at radius 3 is 2.18 bits per heavy atom. The minimum Gasteiger partial charge on any atom is -0.315 e. The van der Waals surface area contributed by atoms with Crippen LogP contribution in [0.2, 0.25) is 0 Å². The molecule has 17 heavy (non-hydrogen) atoms. The third kappa shape index (κ3) is 4.23. The van der Waals surface area contributed by atoms with Gasteiger partial charge in [-0.25, -0.2) is 0 Å². The van der Waals surface area contributed by atoms with Crippen LogP contribution in [0.15, 0.2) is 0 Å². The minimum atomic E-state index is 0.736. The third-order valence-electron chi connectivity index (χ3n) is 4.26. The van der Waals surface area contributed by atoms with Gasteiger partial charge in [0, 0.05) is 19.1 Å². The van der Waals surface area contributed by atoms with Crippen molar-refractivity contribution in [1.29, 1.82) is 0 Å². The Bertz CT molecular complexity index is 188. The Hall–Kier alpha value is -0.120. The summed E-state index contributed by atoms with van der Waals surface area (Å²) in [6.45, 7) is 17.5. The quantitative estimate of drug-likeness (QED) is 0.731. The molecule has 102 valence electrons. The highest BCUT2D eigenvalue weighted by Crippen LogP contribution is 2.19. The fourth-order valence-electron chi connectivity index (χ4n) is 3.04. The Morgan fingerprint density at radius 1 is 1.00 bits per heavy atom. The van der Waals surface area contributed by atoms with Crippen LogP contribution in [0, 0.1) is 5.92 Å². The number of nitrogens with zero attached hydrogens (tertiary/aromatic N) is 2. The smallest absolute Gasteiger partial charge is 0.0261 e. The van der Waals surface area contributed by atoms with Crippen molar-refractivity contribution in [3.8, 4) is 0 Å². The van der Waals surface area contributed by atoms with E-state index in [1.165, 1.54) is 52.2 Å². The molecular weight excluding hydrogens is 210 g/mol.